The number of likely N-dealkylation sites (tertiary alicyclic amines) is 1. The van der Waals surface area contributed by atoms with Gasteiger partial charge in [0.05, 0.1) is 17.5 Å². The first-order valence-electron chi connectivity index (χ1n) is 8.04. The first kappa shape index (κ1) is 16.4. The van der Waals surface area contributed by atoms with Gasteiger partial charge in [-0.05, 0) is 25.0 Å². The molecule has 6 nitrogen and oxygen atoms in total. The molecular weight excluding hydrogens is 315 g/mol. The number of carbonyl (C=O) groups is 3. The zero-order valence-electron chi connectivity index (χ0n) is 13.2. The molecule has 3 rings (SSSR count). The highest BCUT2D eigenvalue weighted by molar-refractivity contribution is 6.00. The summed E-state index contributed by atoms with van der Waals surface area (Å²) in [7, 11) is 0. The van der Waals surface area contributed by atoms with E-state index < -0.39 is 23.6 Å². The molecule has 0 spiro atoms. The van der Waals surface area contributed by atoms with Crippen molar-refractivity contribution < 1.29 is 23.9 Å². The van der Waals surface area contributed by atoms with Crippen LogP contribution in [0.15, 0.2) is 24.3 Å². The van der Waals surface area contributed by atoms with Gasteiger partial charge in [0.2, 0.25) is 11.8 Å². The van der Waals surface area contributed by atoms with E-state index >= 15 is 0 Å². The first-order chi connectivity index (χ1) is 11.5. The van der Waals surface area contributed by atoms with E-state index in [2.05, 4.69) is 0 Å². The van der Waals surface area contributed by atoms with Crippen molar-refractivity contribution in [2.75, 3.05) is 24.5 Å². The third kappa shape index (κ3) is 3.11. The number of benzene rings is 1. The lowest BCUT2D eigenvalue weighted by Gasteiger charge is -2.32. The van der Waals surface area contributed by atoms with Crippen LogP contribution in [0.1, 0.15) is 19.3 Å². The molecule has 0 aliphatic carbocycles. The van der Waals surface area contributed by atoms with Crippen molar-refractivity contribution in [3.63, 3.8) is 0 Å². The molecule has 2 aliphatic rings. The highest BCUT2D eigenvalue weighted by Gasteiger charge is 2.39. The van der Waals surface area contributed by atoms with Crippen LogP contribution in [0.25, 0.3) is 0 Å². The normalized spacial score (nSPS) is 24.3. The number of hydrogen-bond acceptors (Lipinski definition) is 3. The maximum atomic E-state index is 13.9. The van der Waals surface area contributed by atoms with E-state index in [1.807, 2.05) is 0 Å². The highest BCUT2D eigenvalue weighted by Crippen LogP contribution is 2.29. The molecule has 2 amide bonds. The molecule has 0 saturated carbocycles. The second-order valence-corrected chi connectivity index (χ2v) is 6.32. The summed E-state index contributed by atoms with van der Waals surface area (Å²) in [5.74, 6) is -3.00. The lowest BCUT2D eigenvalue weighted by molar-refractivity contribution is -0.146. The summed E-state index contributed by atoms with van der Waals surface area (Å²) in [5.41, 5.74) is 0.180. The number of rotatable bonds is 3. The summed E-state index contributed by atoms with van der Waals surface area (Å²) < 4.78 is 13.9. The Bertz CT molecular complexity index is 678. The number of anilines is 1. The second kappa shape index (κ2) is 6.59. The third-order valence-electron chi connectivity index (χ3n) is 4.70. The predicted octanol–water partition coefficient (Wildman–Crippen LogP) is 1.50. The molecule has 2 heterocycles. The average Bonchev–Trinajstić information content (AvgIpc) is 2.96. The van der Waals surface area contributed by atoms with E-state index in [0.29, 0.717) is 19.4 Å². The van der Waals surface area contributed by atoms with Gasteiger partial charge >= 0.3 is 5.97 Å². The van der Waals surface area contributed by atoms with Crippen LogP contribution in [0.4, 0.5) is 10.1 Å². The standard InChI is InChI=1S/C17H19FN2O4/c18-13-5-1-2-6-14(13)20-10-12(8-15(20)21)16(22)19-7-3-4-11(9-19)17(23)24/h1-2,5-6,11-12H,3-4,7-10H2,(H,23,24)/t11-,12?/m0/s1. The Hall–Kier alpha value is -2.44. The van der Waals surface area contributed by atoms with Crippen molar-refractivity contribution in [2.45, 2.75) is 19.3 Å². The molecule has 2 fully saturated rings. The third-order valence-corrected chi connectivity index (χ3v) is 4.70. The van der Waals surface area contributed by atoms with Crippen LogP contribution in [0.2, 0.25) is 0 Å². The minimum atomic E-state index is -0.900. The van der Waals surface area contributed by atoms with Crippen molar-refractivity contribution in [1.82, 2.24) is 4.90 Å². The van der Waals surface area contributed by atoms with Gasteiger partial charge in [-0.3, -0.25) is 14.4 Å². The maximum absolute atomic E-state index is 13.9. The summed E-state index contributed by atoms with van der Waals surface area (Å²) in [4.78, 5) is 38.8. The fourth-order valence-corrected chi connectivity index (χ4v) is 3.41. The van der Waals surface area contributed by atoms with E-state index in [1.54, 1.807) is 12.1 Å². The molecule has 1 aromatic rings. The Morgan fingerprint density at radius 3 is 2.62 bits per heavy atom. The minimum Gasteiger partial charge on any atom is -0.481 e. The zero-order chi connectivity index (χ0) is 17.3. The predicted molar refractivity (Wildman–Crippen MR) is 83.8 cm³/mol. The smallest absolute Gasteiger partial charge is 0.308 e. The monoisotopic (exact) mass is 334 g/mol. The summed E-state index contributed by atoms with van der Waals surface area (Å²) in [5, 5.41) is 9.12. The number of carboxylic acids is 1. The van der Waals surface area contributed by atoms with Crippen LogP contribution in [0, 0.1) is 17.7 Å². The molecule has 1 aromatic carbocycles. The van der Waals surface area contributed by atoms with E-state index in [1.165, 1.54) is 21.9 Å². The highest BCUT2D eigenvalue weighted by atomic mass is 19.1. The molecule has 0 radical (unpaired) electrons. The number of halogens is 1. The van der Waals surface area contributed by atoms with Gasteiger partial charge in [0.1, 0.15) is 5.82 Å². The SMILES string of the molecule is O=C(O)[C@H]1CCCN(C(=O)C2CC(=O)N(c3ccccc3F)C2)C1. The number of aliphatic carboxylic acids is 1. The first-order valence-corrected chi connectivity index (χ1v) is 8.04. The molecule has 24 heavy (non-hydrogen) atoms. The molecule has 2 atom stereocenters. The fourth-order valence-electron chi connectivity index (χ4n) is 3.41. The van der Waals surface area contributed by atoms with Crippen molar-refractivity contribution in [2.24, 2.45) is 11.8 Å². The minimum absolute atomic E-state index is 0.0292. The molecular formula is C17H19FN2O4. The number of piperidine rings is 1. The molecule has 2 saturated heterocycles. The summed E-state index contributed by atoms with van der Waals surface area (Å²) >= 11 is 0. The van der Waals surface area contributed by atoms with Gasteiger partial charge in [0, 0.05) is 26.1 Å². The number of para-hydroxylation sites is 1. The van der Waals surface area contributed by atoms with Crippen LogP contribution in [0.5, 0.6) is 0 Å². The Kier molecular flexibility index (Phi) is 4.51. The van der Waals surface area contributed by atoms with Crippen molar-refractivity contribution in [3.8, 4) is 0 Å². The van der Waals surface area contributed by atoms with Gasteiger partial charge in [-0.1, -0.05) is 12.1 Å². The van der Waals surface area contributed by atoms with Gasteiger partial charge in [-0.25, -0.2) is 4.39 Å². The number of hydrogen-bond donors (Lipinski definition) is 1. The largest absolute Gasteiger partial charge is 0.481 e. The quantitative estimate of drug-likeness (QED) is 0.909. The Morgan fingerprint density at radius 1 is 1.17 bits per heavy atom. The van der Waals surface area contributed by atoms with Crippen LogP contribution < -0.4 is 4.90 Å². The molecule has 7 heteroatoms. The Morgan fingerprint density at radius 2 is 1.92 bits per heavy atom. The van der Waals surface area contributed by atoms with Gasteiger partial charge in [-0.2, -0.15) is 0 Å². The van der Waals surface area contributed by atoms with E-state index in [9.17, 15) is 18.8 Å². The molecule has 128 valence electrons. The van der Waals surface area contributed by atoms with Crippen molar-refractivity contribution in [3.05, 3.63) is 30.1 Å². The van der Waals surface area contributed by atoms with Gasteiger partial charge in [0.25, 0.3) is 0 Å². The average molecular weight is 334 g/mol. The van der Waals surface area contributed by atoms with E-state index in [0.717, 1.165) is 0 Å². The van der Waals surface area contributed by atoms with Gasteiger partial charge < -0.3 is 14.9 Å². The second-order valence-electron chi connectivity index (χ2n) is 6.32. The molecule has 1 N–H and O–H groups in total. The molecule has 2 aliphatic heterocycles. The zero-order valence-corrected chi connectivity index (χ0v) is 13.2. The molecule has 1 unspecified atom stereocenters. The summed E-state index contributed by atoms with van der Waals surface area (Å²) in [6, 6.07) is 5.98. The summed E-state index contributed by atoms with van der Waals surface area (Å²) in [6.45, 7) is 0.818. The summed E-state index contributed by atoms with van der Waals surface area (Å²) in [6.07, 6.45) is 1.23. The van der Waals surface area contributed by atoms with Gasteiger partial charge in [-0.15, -0.1) is 0 Å². The Labute approximate surface area is 138 Å². The number of carboxylic acid groups (broad SMARTS) is 1. The van der Waals surface area contributed by atoms with E-state index in [4.69, 9.17) is 5.11 Å². The lowest BCUT2D eigenvalue weighted by Crippen LogP contribution is -2.45. The maximum Gasteiger partial charge on any atom is 0.308 e. The topological polar surface area (TPSA) is 77.9 Å². The fraction of sp³-hybridized carbons (Fsp3) is 0.471. The number of amides is 2. The van der Waals surface area contributed by atoms with Crippen LogP contribution >= 0.6 is 0 Å². The lowest BCUT2D eigenvalue weighted by atomic mass is 9.96. The van der Waals surface area contributed by atoms with Gasteiger partial charge in [0.15, 0.2) is 0 Å². The van der Waals surface area contributed by atoms with Crippen molar-refractivity contribution >= 4 is 23.5 Å². The van der Waals surface area contributed by atoms with E-state index in [-0.39, 0.29) is 37.0 Å². The van der Waals surface area contributed by atoms with Crippen LogP contribution in [-0.2, 0) is 14.4 Å². The number of carbonyl (C=O) groups excluding carboxylic acids is 2. The molecule has 0 bridgehead atoms. The van der Waals surface area contributed by atoms with Crippen LogP contribution in [0.3, 0.4) is 0 Å². The Balaban J connectivity index is 1.70. The number of nitrogens with zero attached hydrogens (tertiary/aromatic N) is 2. The molecule has 0 aromatic heterocycles. The van der Waals surface area contributed by atoms with Crippen molar-refractivity contribution in [1.29, 1.82) is 0 Å². The van der Waals surface area contributed by atoms with Crippen LogP contribution in [-0.4, -0.2) is 47.4 Å².